The number of rotatable bonds is 4. The van der Waals surface area contributed by atoms with E-state index in [-0.39, 0.29) is 5.91 Å². The largest absolute Gasteiger partial charge is 0.342 e. The Balaban J connectivity index is 2.67. The number of halogens is 1. The zero-order valence-electron chi connectivity index (χ0n) is 9.16. The van der Waals surface area contributed by atoms with E-state index >= 15 is 0 Å². The number of unbranched alkanes of at least 4 members (excludes halogenated alkanes) is 1. The summed E-state index contributed by atoms with van der Waals surface area (Å²) < 4.78 is 1.10. The molecule has 0 aliphatic carbocycles. The van der Waals surface area contributed by atoms with Crippen molar-refractivity contribution >= 4 is 28.5 Å². The Morgan fingerprint density at radius 3 is 2.80 bits per heavy atom. The molecule has 2 nitrogen and oxygen atoms in total. The summed E-state index contributed by atoms with van der Waals surface area (Å²) in [6.45, 7) is 2.96. The summed E-state index contributed by atoms with van der Waals surface area (Å²) >= 11 is 2.22. The highest BCUT2D eigenvalue weighted by Gasteiger charge is 2.10. The highest BCUT2D eigenvalue weighted by atomic mass is 127. The predicted molar refractivity (Wildman–Crippen MR) is 71.0 cm³/mol. The van der Waals surface area contributed by atoms with Crippen molar-refractivity contribution in [1.29, 1.82) is 0 Å². The molecule has 1 amide bonds. The molecule has 0 aromatic heterocycles. The molecule has 3 heteroatoms. The minimum atomic E-state index is 0.113. The Morgan fingerprint density at radius 1 is 1.47 bits per heavy atom. The molecule has 0 heterocycles. The van der Waals surface area contributed by atoms with Crippen LogP contribution >= 0.6 is 22.6 Å². The summed E-state index contributed by atoms with van der Waals surface area (Å²) in [4.78, 5) is 13.7. The first-order valence-corrected chi connectivity index (χ1v) is 6.24. The van der Waals surface area contributed by atoms with Crippen LogP contribution in [-0.4, -0.2) is 24.4 Å². The Labute approximate surface area is 105 Å². The van der Waals surface area contributed by atoms with Gasteiger partial charge in [-0.15, -0.1) is 0 Å². The Morgan fingerprint density at radius 2 is 2.20 bits per heavy atom. The van der Waals surface area contributed by atoms with Gasteiger partial charge in [0.1, 0.15) is 0 Å². The van der Waals surface area contributed by atoms with Gasteiger partial charge in [-0.1, -0.05) is 19.4 Å². The number of hydrogen-bond donors (Lipinski definition) is 0. The van der Waals surface area contributed by atoms with Gasteiger partial charge < -0.3 is 4.90 Å². The molecular formula is C12H16INO. The van der Waals surface area contributed by atoms with Crippen LogP contribution in [-0.2, 0) is 0 Å². The Bertz CT molecular complexity index is 338. The average molecular weight is 317 g/mol. The van der Waals surface area contributed by atoms with Gasteiger partial charge in [-0.3, -0.25) is 4.79 Å². The lowest BCUT2D eigenvalue weighted by atomic mass is 10.2. The van der Waals surface area contributed by atoms with E-state index in [0.717, 1.165) is 28.5 Å². The number of nitrogens with zero attached hydrogens (tertiary/aromatic N) is 1. The molecule has 1 aromatic carbocycles. The lowest BCUT2D eigenvalue weighted by Gasteiger charge is -2.16. The first-order valence-electron chi connectivity index (χ1n) is 5.16. The number of amides is 1. The maximum atomic E-state index is 11.9. The number of carbonyl (C=O) groups excluding carboxylic acids is 1. The molecule has 0 radical (unpaired) electrons. The molecule has 1 rings (SSSR count). The summed E-state index contributed by atoms with van der Waals surface area (Å²) in [5.74, 6) is 0.113. The maximum absolute atomic E-state index is 11.9. The highest BCUT2D eigenvalue weighted by Crippen LogP contribution is 2.10. The van der Waals surface area contributed by atoms with Gasteiger partial charge in [0.25, 0.3) is 5.91 Å². The molecule has 0 bridgehead atoms. The second kappa shape index (κ2) is 6.10. The van der Waals surface area contributed by atoms with Crippen LogP contribution in [0.15, 0.2) is 24.3 Å². The minimum absolute atomic E-state index is 0.113. The second-order valence-electron chi connectivity index (χ2n) is 3.59. The van der Waals surface area contributed by atoms with E-state index in [2.05, 4.69) is 29.5 Å². The third-order valence-electron chi connectivity index (χ3n) is 2.27. The molecular weight excluding hydrogens is 301 g/mol. The first-order chi connectivity index (χ1) is 7.15. The van der Waals surface area contributed by atoms with Crippen molar-refractivity contribution in [2.45, 2.75) is 19.8 Å². The Hall–Kier alpha value is -0.580. The normalized spacial score (nSPS) is 10.1. The first kappa shape index (κ1) is 12.5. The third kappa shape index (κ3) is 3.81. The van der Waals surface area contributed by atoms with Crippen molar-refractivity contribution in [2.75, 3.05) is 13.6 Å². The summed E-state index contributed by atoms with van der Waals surface area (Å²) in [7, 11) is 1.86. The maximum Gasteiger partial charge on any atom is 0.253 e. The predicted octanol–water partition coefficient (Wildman–Crippen LogP) is 3.16. The standard InChI is InChI=1S/C12H16INO/c1-3-4-8-14(2)12(15)10-6-5-7-11(13)9-10/h5-7,9H,3-4,8H2,1-2H3. The zero-order valence-corrected chi connectivity index (χ0v) is 11.3. The van der Waals surface area contributed by atoms with Crippen LogP contribution in [0.5, 0.6) is 0 Å². The van der Waals surface area contributed by atoms with Crippen LogP contribution in [0.2, 0.25) is 0 Å². The van der Waals surface area contributed by atoms with Crippen LogP contribution in [0, 0.1) is 3.57 Å². The number of benzene rings is 1. The van der Waals surface area contributed by atoms with Gasteiger partial charge in [0, 0.05) is 22.7 Å². The summed E-state index contributed by atoms with van der Waals surface area (Å²) in [6.07, 6.45) is 2.18. The Kier molecular flexibility index (Phi) is 5.08. The van der Waals surface area contributed by atoms with Crippen molar-refractivity contribution in [1.82, 2.24) is 4.90 Å². The molecule has 0 N–H and O–H groups in total. The van der Waals surface area contributed by atoms with E-state index in [1.54, 1.807) is 4.90 Å². The lowest BCUT2D eigenvalue weighted by molar-refractivity contribution is 0.0793. The monoisotopic (exact) mass is 317 g/mol. The average Bonchev–Trinajstić information content (AvgIpc) is 2.24. The molecule has 0 spiro atoms. The molecule has 15 heavy (non-hydrogen) atoms. The van der Waals surface area contributed by atoms with Gasteiger partial charge >= 0.3 is 0 Å². The fourth-order valence-electron chi connectivity index (χ4n) is 1.34. The fourth-order valence-corrected chi connectivity index (χ4v) is 1.88. The second-order valence-corrected chi connectivity index (χ2v) is 4.84. The van der Waals surface area contributed by atoms with Crippen molar-refractivity contribution in [3.05, 3.63) is 33.4 Å². The molecule has 0 aliphatic rings. The van der Waals surface area contributed by atoms with Gasteiger partial charge in [-0.2, -0.15) is 0 Å². The van der Waals surface area contributed by atoms with Crippen LogP contribution in [0.1, 0.15) is 30.1 Å². The van der Waals surface area contributed by atoms with Crippen LogP contribution in [0.4, 0.5) is 0 Å². The minimum Gasteiger partial charge on any atom is -0.342 e. The smallest absolute Gasteiger partial charge is 0.253 e. The molecule has 0 saturated heterocycles. The SMILES string of the molecule is CCCCN(C)C(=O)c1cccc(I)c1. The molecule has 0 fully saturated rings. The van der Waals surface area contributed by atoms with Crippen LogP contribution < -0.4 is 0 Å². The number of hydrogen-bond acceptors (Lipinski definition) is 1. The van der Waals surface area contributed by atoms with E-state index in [9.17, 15) is 4.79 Å². The highest BCUT2D eigenvalue weighted by molar-refractivity contribution is 14.1. The van der Waals surface area contributed by atoms with Gasteiger partial charge in [-0.25, -0.2) is 0 Å². The van der Waals surface area contributed by atoms with Crippen molar-refractivity contribution < 1.29 is 4.79 Å². The lowest BCUT2D eigenvalue weighted by Crippen LogP contribution is -2.27. The third-order valence-corrected chi connectivity index (χ3v) is 2.94. The van der Waals surface area contributed by atoms with Crippen LogP contribution in [0.3, 0.4) is 0 Å². The molecule has 0 saturated carbocycles. The molecule has 0 atom stereocenters. The summed E-state index contributed by atoms with van der Waals surface area (Å²) in [5.41, 5.74) is 0.778. The van der Waals surface area contributed by atoms with E-state index in [1.807, 2.05) is 31.3 Å². The van der Waals surface area contributed by atoms with E-state index in [4.69, 9.17) is 0 Å². The van der Waals surface area contributed by atoms with E-state index in [1.165, 1.54) is 0 Å². The number of carbonyl (C=O) groups is 1. The van der Waals surface area contributed by atoms with Gasteiger partial charge in [-0.05, 0) is 47.2 Å². The topological polar surface area (TPSA) is 20.3 Å². The van der Waals surface area contributed by atoms with Gasteiger partial charge in [0.15, 0.2) is 0 Å². The van der Waals surface area contributed by atoms with E-state index in [0.29, 0.717) is 0 Å². The van der Waals surface area contributed by atoms with Crippen molar-refractivity contribution in [3.63, 3.8) is 0 Å². The van der Waals surface area contributed by atoms with Gasteiger partial charge in [0.2, 0.25) is 0 Å². The summed E-state index contributed by atoms with van der Waals surface area (Å²) in [5, 5.41) is 0. The van der Waals surface area contributed by atoms with Crippen molar-refractivity contribution in [2.24, 2.45) is 0 Å². The molecule has 0 unspecified atom stereocenters. The van der Waals surface area contributed by atoms with Crippen LogP contribution in [0.25, 0.3) is 0 Å². The summed E-state index contributed by atoms with van der Waals surface area (Å²) in [6, 6.07) is 7.70. The molecule has 1 aromatic rings. The zero-order chi connectivity index (χ0) is 11.3. The quantitative estimate of drug-likeness (QED) is 0.781. The molecule has 0 aliphatic heterocycles. The van der Waals surface area contributed by atoms with Crippen molar-refractivity contribution in [3.8, 4) is 0 Å². The van der Waals surface area contributed by atoms with Gasteiger partial charge in [0.05, 0.1) is 0 Å². The molecule has 82 valence electrons. The van der Waals surface area contributed by atoms with E-state index < -0.39 is 0 Å². The fraction of sp³-hybridized carbons (Fsp3) is 0.417.